The average Bonchev–Trinajstić information content (AvgIpc) is 2.70. The minimum absolute atomic E-state index is 0.000177. The SMILES string of the molecule is COC(c1c(F)cccc1F)C(CN(C)C(C)C)c1c(C)cccc1C.O=C(O)C(=O)O. The highest BCUT2D eigenvalue weighted by Gasteiger charge is 2.32. The molecule has 2 aromatic rings. The summed E-state index contributed by atoms with van der Waals surface area (Å²) >= 11 is 0. The van der Waals surface area contributed by atoms with Crippen LogP contribution in [-0.4, -0.2) is 53.8 Å². The Bertz CT molecular complexity index is 880. The van der Waals surface area contributed by atoms with Gasteiger partial charge in [0.2, 0.25) is 0 Å². The van der Waals surface area contributed by atoms with E-state index in [1.54, 1.807) is 0 Å². The molecule has 0 saturated carbocycles. The van der Waals surface area contributed by atoms with Crippen LogP contribution in [0.4, 0.5) is 8.78 Å². The lowest BCUT2D eigenvalue weighted by atomic mass is 9.83. The van der Waals surface area contributed by atoms with E-state index in [9.17, 15) is 8.78 Å². The van der Waals surface area contributed by atoms with Crippen molar-refractivity contribution in [3.8, 4) is 0 Å². The van der Waals surface area contributed by atoms with Crippen LogP contribution < -0.4 is 0 Å². The van der Waals surface area contributed by atoms with Crippen molar-refractivity contribution in [2.75, 3.05) is 20.7 Å². The Morgan fingerprint density at radius 1 is 0.938 bits per heavy atom. The molecule has 0 fully saturated rings. The number of carbonyl (C=O) groups is 2. The average molecular weight is 452 g/mol. The van der Waals surface area contributed by atoms with Gasteiger partial charge in [-0.25, -0.2) is 18.4 Å². The van der Waals surface area contributed by atoms with Crippen molar-refractivity contribution in [1.29, 1.82) is 0 Å². The van der Waals surface area contributed by atoms with Gasteiger partial charge in [-0.3, -0.25) is 0 Å². The molecule has 6 nitrogen and oxygen atoms in total. The van der Waals surface area contributed by atoms with E-state index in [-0.39, 0.29) is 11.5 Å². The van der Waals surface area contributed by atoms with E-state index in [0.29, 0.717) is 12.6 Å². The van der Waals surface area contributed by atoms with Gasteiger partial charge in [0.05, 0.1) is 11.7 Å². The number of carboxylic acids is 2. The number of benzene rings is 2. The smallest absolute Gasteiger partial charge is 0.414 e. The van der Waals surface area contributed by atoms with Gasteiger partial charge in [0.1, 0.15) is 11.6 Å². The zero-order valence-corrected chi connectivity index (χ0v) is 19.2. The van der Waals surface area contributed by atoms with Gasteiger partial charge in [0.25, 0.3) is 0 Å². The normalized spacial score (nSPS) is 12.8. The molecule has 0 aliphatic rings. The maximum atomic E-state index is 14.5. The van der Waals surface area contributed by atoms with Gasteiger partial charge in [-0.05, 0) is 63.6 Å². The molecule has 0 aliphatic heterocycles. The van der Waals surface area contributed by atoms with Crippen LogP contribution in [0.1, 0.15) is 48.1 Å². The van der Waals surface area contributed by atoms with Gasteiger partial charge in [0.15, 0.2) is 0 Å². The third kappa shape index (κ3) is 7.10. The number of halogens is 2. The molecule has 0 aliphatic carbocycles. The summed E-state index contributed by atoms with van der Waals surface area (Å²) in [7, 11) is 3.54. The number of methoxy groups -OCH3 is 1. The summed E-state index contributed by atoms with van der Waals surface area (Å²) in [5.41, 5.74) is 3.30. The number of carboxylic acid groups (broad SMARTS) is 2. The molecule has 2 aromatic carbocycles. The van der Waals surface area contributed by atoms with E-state index >= 15 is 0 Å². The van der Waals surface area contributed by atoms with Crippen LogP contribution in [0.5, 0.6) is 0 Å². The lowest BCUT2D eigenvalue weighted by Gasteiger charge is -2.34. The molecule has 0 aromatic heterocycles. The van der Waals surface area contributed by atoms with E-state index < -0.39 is 29.7 Å². The quantitative estimate of drug-likeness (QED) is 0.601. The molecule has 8 heteroatoms. The first-order valence-corrected chi connectivity index (χ1v) is 10.1. The number of ether oxygens (including phenoxy) is 1. The third-order valence-electron chi connectivity index (χ3n) is 5.37. The predicted molar refractivity (Wildman–Crippen MR) is 118 cm³/mol. The Balaban J connectivity index is 0.000000751. The standard InChI is InChI=1S/C22H29F2NO.C2H2O4/c1-14(2)25(5)13-17(20-15(3)9-7-10-16(20)4)22(26-6)21-18(23)11-8-12-19(21)24;3-1(4)2(5)6/h7-12,14,17,22H,13H2,1-6H3;(H,3,4)(H,5,6). The minimum atomic E-state index is -1.82. The number of nitrogens with zero attached hydrogens (tertiary/aromatic N) is 1. The van der Waals surface area contributed by atoms with Crippen LogP contribution in [-0.2, 0) is 14.3 Å². The summed E-state index contributed by atoms with van der Waals surface area (Å²) in [6.45, 7) is 8.92. The van der Waals surface area contributed by atoms with Crippen LogP contribution >= 0.6 is 0 Å². The van der Waals surface area contributed by atoms with Crippen LogP contribution in [0.25, 0.3) is 0 Å². The zero-order valence-electron chi connectivity index (χ0n) is 19.2. The van der Waals surface area contributed by atoms with Crippen molar-refractivity contribution >= 4 is 11.9 Å². The maximum absolute atomic E-state index is 14.5. The van der Waals surface area contributed by atoms with Crippen molar-refractivity contribution in [2.24, 2.45) is 0 Å². The van der Waals surface area contributed by atoms with Crippen molar-refractivity contribution in [2.45, 2.75) is 45.8 Å². The molecule has 2 unspecified atom stereocenters. The molecule has 176 valence electrons. The Labute approximate surface area is 187 Å². The van der Waals surface area contributed by atoms with E-state index in [4.69, 9.17) is 24.5 Å². The summed E-state index contributed by atoms with van der Waals surface area (Å²) in [6, 6.07) is 10.4. The molecule has 0 heterocycles. The second kappa shape index (κ2) is 12.3. The fourth-order valence-corrected chi connectivity index (χ4v) is 3.54. The molecule has 2 N–H and O–H groups in total. The molecular weight excluding hydrogens is 420 g/mol. The fraction of sp³-hybridized carbons (Fsp3) is 0.417. The van der Waals surface area contributed by atoms with Crippen LogP contribution in [0.15, 0.2) is 36.4 Å². The Morgan fingerprint density at radius 3 is 1.75 bits per heavy atom. The zero-order chi connectivity index (χ0) is 24.6. The fourth-order valence-electron chi connectivity index (χ4n) is 3.54. The molecule has 0 spiro atoms. The number of hydrogen-bond acceptors (Lipinski definition) is 4. The van der Waals surface area contributed by atoms with E-state index in [1.165, 1.54) is 25.3 Å². The summed E-state index contributed by atoms with van der Waals surface area (Å²) in [4.78, 5) is 20.4. The monoisotopic (exact) mass is 451 g/mol. The summed E-state index contributed by atoms with van der Waals surface area (Å²) < 4.78 is 34.8. The van der Waals surface area contributed by atoms with Crippen molar-refractivity contribution in [1.82, 2.24) is 4.90 Å². The number of likely N-dealkylation sites (N-methyl/N-ethyl adjacent to an activating group) is 1. The van der Waals surface area contributed by atoms with Gasteiger partial charge in [-0.1, -0.05) is 24.3 Å². The Hall–Kier alpha value is -2.84. The number of rotatable bonds is 7. The maximum Gasteiger partial charge on any atom is 0.414 e. The molecule has 0 amide bonds. The molecule has 0 bridgehead atoms. The van der Waals surface area contributed by atoms with Crippen LogP contribution in [0, 0.1) is 25.5 Å². The molecular formula is C24H31F2NO5. The van der Waals surface area contributed by atoms with Gasteiger partial charge >= 0.3 is 11.9 Å². The van der Waals surface area contributed by atoms with Gasteiger partial charge in [0, 0.05) is 25.6 Å². The molecule has 32 heavy (non-hydrogen) atoms. The summed E-state index contributed by atoms with van der Waals surface area (Å²) in [5, 5.41) is 14.8. The lowest BCUT2D eigenvalue weighted by Crippen LogP contribution is -2.34. The van der Waals surface area contributed by atoms with Crippen molar-refractivity contribution in [3.05, 3.63) is 70.3 Å². The number of hydrogen-bond donors (Lipinski definition) is 2. The number of aryl methyl sites for hydroxylation is 2. The van der Waals surface area contributed by atoms with E-state index in [2.05, 4.69) is 18.7 Å². The predicted octanol–water partition coefficient (Wildman–Crippen LogP) is 4.55. The highest BCUT2D eigenvalue weighted by Crippen LogP contribution is 2.39. The summed E-state index contributed by atoms with van der Waals surface area (Å²) in [5.74, 6) is -4.98. The Kier molecular flexibility index (Phi) is 10.4. The molecule has 2 rings (SSSR count). The van der Waals surface area contributed by atoms with Crippen molar-refractivity contribution in [3.63, 3.8) is 0 Å². The van der Waals surface area contributed by atoms with Crippen LogP contribution in [0.2, 0.25) is 0 Å². The van der Waals surface area contributed by atoms with Gasteiger partial charge in [-0.2, -0.15) is 0 Å². The minimum Gasteiger partial charge on any atom is -0.473 e. The summed E-state index contributed by atoms with van der Waals surface area (Å²) in [6.07, 6.45) is -0.711. The second-order valence-corrected chi connectivity index (χ2v) is 7.85. The second-order valence-electron chi connectivity index (χ2n) is 7.85. The molecule has 0 saturated heterocycles. The van der Waals surface area contributed by atoms with Crippen molar-refractivity contribution < 1.29 is 33.3 Å². The highest BCUT2D eigenvalue weighted by atomic mass is 19.1. The first kappa shape index (κ1) is 27.2. The third-order valence-corrected chi connectivity index (χ3v) is 5.37. The lowest BCUT2D eigenvalue weighted by molar-refractivity contribution is -0.159. The first-order valence-electron chi connectivity index (χ1n) is 10.1. The largest absolute Gasteiger partial charge is 0.473 e. The highest BCUT2D eigenvalue weighted by molar-refractivity contribution is 6.27. The molecule has 2 atom stereocenters. The van der Waals surface area contributed by atoms with Crippen LogP contribution in [0.3, 0.4) is 0 Å². The van der Waals surface area contributed by atoms with Gasteiger partial charge in [-0.15, -0.1) is 0 Å². The Morgan fingerprint density at radius 2 is 1.38 bits per heavy atom. The van der Waals surface area contributed by atoms with E-state index in [0.717, 1.165) is 16.7 Å². The number of aliphatic carboxylic acids is 2. The van der Waals surface area contributed by atoms with E-state index in [1.807, 2.05) is 39.1 Å². The molecule has 0 radical (unpaired) electrons. The topological polar surface area (TPSA) is 87.1 Å². The van der Waals surface area contributed by atoms with Gasteiger partial charge < -0.3 is 19.8 Å². The first-order chi connectivity index (χ1) is 14.9.